The van der Waals surface area contributed by atoms with Crippen LogP contribution in [0.2, 0.25) is 0 Å². The van der Waals surface area contributed by atoms with Gasteiger partial charge in [-0.2, -0.15) is 0 Å². The Bertz CT molecular complexity index is 245. The molecule has 0 aromatic carbocycles. The van der Waals surface area contributed by atoms with E-state index in [-0.39, 0.29) is 0 Å². The Balaban J connectivity index is 3.08. The van der Waals surface area contributed by atoms with Gasteiger partial charge in [-0.1, -0.05) is 62.1 Å². The maximum absolute atomic E-state index is 2.39. The molecule has 0 fully saturated rings. The minimum atomic E-state index is 1.25. The van der Waals surface area contributed by atoms with E-state index in [1.54, 1.807) is 0 Å². The van der Waals surface area contributed by atoms with Gasteiger partial charge in [-0.25, -0.2) is 0 Å². The fraction of sp³-hybridized carbons (Fsp3) is 0.700. The molecule has 0 saturated heterocycles. The Morgan fingerprint density at radius 1 is 0.400 bits per heavy atom. The van der Waals surface area contributed by atoms with Crippen LogP contribution in [0.25, 0.3) is 0 Å². The number of rotatable bonds is 14. The van der Waals surface area contributed by atoms with Gasteiger partial charge in [0, 0.05) is 0 Å². The molecule has 0 heterocycles. The highest BCUT2D eigenvalue weighted by atomic mass is 14.0. The van der Waals surface area contributed by atoms with Crippen LogP contribution in [0.5, 0.6) is 0 Å². The predicted octanol–water partition coefficient (Wildman–Crippen LogP) is 7.38. The molecule has 0 aromatic rings. The van der Waals surface area contributed by atoms with E-state index in [0.29, 0.717) is 0 Å². The van der Waals surface area contributed by atoms with Gasteiger partial charge >= 0.3 is 0 Å². The standard InChI is InChI=1S/C20H36/c1-3-5-7-9-11-13-15-17-19-20-18-16-14-12-10-8-6-4-2/h3-6,15,17H,7-14,16,18-20H2,1-2H3. The average molecular weight is 277 g/mol. The van der Waals surface area contributed by atoms with Crippen molar-refractivity contribution >= 4 is 0 Å². The molecule has 0 atom stereocenters. The fourth-order valence-corrected chi connectivity index (χ4v) is 2.32. The molecular formula is C20H36. The first-order valence-electron chi connectivity index (χ1n) is 8.79. The molecule has 0 heteroatoms. The van der Waals surface area contributed by atoms with E-state index in [4.69, 9.17) is 0 Å². The summed E-state index contributed by atoms with van der Waals surface area (Å²) in [5.41, 5.74) is 0. The molecule has 0 aliphatic rings. The molecule has 0 bridgehead atoms. The minimum absolute atomic E-state index is 1.25. The number of hydrogen-bond acceptors (Lipinski definition) is 0. The van der Waals surface area contributed by atoms with Crippen LogP contribution in [0.1, 0.15) is 90.9 Å². The number of hydrogen-bond donors (Lipinski definition) is 0. The number of allylic oxidation sites excluding steroid dienone is 6. The van der Waals surface area contributed by atoms with E-state index in [1.165, 1.54) is 77.0 Å². The highest BCUT2D eigenvalue weighted by Gasteiger charge is 1.90. The van der Waals surface area contributed by atoms with Crippen LogP contribution in [-0.4, -0.2) is 0 Å². The van der Waals surface area contributed by atoms with Gasteiger partial charge in [0.1, 0.15) is 0 Å². The van der Waals surface area contributed by atoms with E-state index in [1.807, 2.05) is 0 Å². The molecular weight excluding hydrogens is 240 g/mol. The Morgan fingerprint density at radius 2 is 0.700 bits per heavy atom. The molecule has 0 amide bonds. The van der Waals surface area contributed by atoms with E-state index in [2.05, 4.69) is 50.3 Å². The molecule has 0 N–H and O–H groups in total. The van der Waals surface area contributed by atoms with Crippen LogP contribution < -0.4 is 0 Å². The SMILES string of the molecule is CC=CCCCCC=CCCCCCCCCC=CC. The van der Waals surface area contributed by atoms with Gasteiger partial charge in [0.25, 0.3) is 0 Å². The molecule has 0 rings (SSSR count). The van der Waals surface area contributed by atoms with Gasteiger partial charge in [-0.05, 0) is 65.2 Å². The van der Waals surface area contributed by atoms with Crippen molar-refractivity contribution in [3.63, 3.8) is 0 Å². The van der Waals surface area contributed by atoms with Crippen molar-refractivity contribution in [3.8, 4) is 0 Å². The Morgan fingerprint density at radius 3 is 1.10 bits per heavy atom. The van der Waals surface area contributed by atoms with Gasteiger partial charge in [0.05, 0.1) is 0 Å². The third-order valence-corrected chi connectivity index (χ3v) is 3.62. The van der Waals surface area contributed by atoms with Crippen LogP contribution in [0, 0.1) is 0 Å². The Hall–Kier alpha value is -0.780. The second-order valence-electron chi connectivity index (χ2n) is 5.59. The first-order valence-corrected chi connectivity index (χ1v) is 8.79. The van der Waals surface area contributed by atoms with E-state index in [0.717, 1.165) is 0 Å². The zero-order valence-corrected chi connectivity index (χ0v) is 13.9. The van der Waals surface area contributed by atoms with E-state index in [9.17, 15) is 0 Å². The van der Waals surface area contributed by atoms with Crippen molar-refractivity contribution in [2.24, 2.45) is 0 Å². The zero-order chi connectivity index (χ0) is 14.7. The van der Waals surface area contributed by atoms with Crippen molar-refractivity contribution in [3.05, 3.63) is 36.5 Å². The highest BCUT2D eigenvalue weighted by Crippen LogP contribution is 2.09. The monoisotopic (exact) mass is 276 g/mol. The molecule has 116 valence electrons. The van der Waals surface area contributed by atoms with Crippen molar-refractivity contribution in [2.45, 2.75) is 90.9 Å². The topological polar surface area (TPSA) is 0 Å². The molecule has 0 aliphatic heterocycles. The lowest BCUT2D eigenvalue weighted by atomic mass is 10.1. The first-order chi connectivity index (χ1) is 9.91. The third-order valence-electron chi connectivity index (χ3n) is 3.62. The summed E-state index contributed by atoms with van der Waals surface area (Å²) in [7, 11) is 0. The van der Waals surface area contributed by atoms with Crippen LogP contribution in [0.3, 0.4) is 0 Å². The quantitative estimate of drug-likeness (QED) is 0.229. The fourth-order valence-electron chi connectivity index (χ4n) is 2.32. The summed E-state index contributed by atoms with van der Waals surface area (Å²) in [4.78, 5) is 0. The van der Waals surface area contributed by atoms with Crippen molar-refractivity contribution in [1.29, 1.82) is 0 Å². The lowest BCUT2D eigenvalue weighted by Gasteiger charge is -1.99. The normalized spacial score (nSPS) is 12.3. The summed E-state index contributed by atoms with van der Waals surface area (Å²) in [6, 6.07) is 0. The second-order valence-corrected chi connectivity index (χ2v) is 5.59. The lowest BCUT2D eigenvalue weighted by Crippen LogP contribution is -1.79. The average Bonchev–Trinajstić information content (AvgIpc) is 2.47. The molecule has 20 heavy (non-hydrogen) atoms. The van der Waals surface area contributed by atoms with Gasteiger partial charge in [0.15, 0.2) is 0 Å². The van der Waals surface area contributed by atoms with Crippen molar-refractivity contribution < 1.29 is 0 Å². The molecule has 0 saturated carbocycles. The van der Waals surface area contributed by atoms with Crippen LogP contribution in [-0.2, 0) is 0 Å². The second kappa shape index (κ2) is 18.2. The van der Waals surface area contributed by atoms with Crippen LogP contribution in [0.15, 0.2) is 36.5 Å². The van der Waals surface area contributed by atoms with Crippen LogP contribution >= 0.6 is 0 Å². The van der Waals surface area contributed by atoms with E-state index >= 15 is 0 Å². The minimum Gasteiger partial charge on any atom is -0.0917 e. The maximum Gasteiger partial charge on any atom is -0.0351 e. The summed E-state index contributed by atoms with van der Waals surface area (Å²) in [6.45, 7) is 4.21. The maximum atomic E-state index is 2.39. The predicted molar refractivity (Wildman–Crippen MR) is 94.2 cm³/mol. The van der Waals surface area contributed by atoms with Gasteiger partial charge in [-0.15, -0.1) is 0 Å². The molecule has 0 spiro atoms. The zero-order valence-electron chi connectivity index (χ0n) is 13.9. The summed E-state index contributed by atoms with van der Waals surface area (Å²) < 4.78 is 0. The van der Waals surface area contributed by atoms with Gasteiger partial charge in [-0.3, -0.25) is 0 Å². The molecule has 0 radical (unpaired) electrons. The van der Waals surface area contributed by atoms with Crippen LogP contribution in [0.4, 0.5) is 0 Å². The van der Waals surface area contributed by atoms with Crippen molar-refractivity contribution in [2.75, 3.05) is 0 Å². The summed E-state index contributed by atoms with van der Waals surface area (Å²) >= 11 is 0. The first kappa shape index (κ1) is 19.2. The summed E-state index contributed by atoms with van der Waals surface area (Å²) in [5, 5.41) is 0. The van der Waals surface area contributed by atoms with Crippen molar-refractivity contribution in [1.82, 2.24) is 0 Å². The summed E-state index contributed by atoms with van der Waals surface area (Å²) in [6.07, 6.45) is 29.8. The summed E-state index contributed by atoms with van der Waals surface area (Å²) in [5.74, 6) is 0. The lowest BCUT2D eigenvalue weighted by molar-refractivity contribution is 0.599. The Labute approximate surface area is 128 Å². The molecule has 0 nitrogen and oxygen atoms in total. The van der Waals surface area contributed by atoms with Gasteiger partial charge in [0.2, 0.25) is 0 Å². The molecule has 0 aromatic heterocycles. The Kier molecular flexibility index (Phi) is 17.5. The largest absolute Gasteiger partial charge is 0.0917 e. The third kappa shape index (κ3) is 17.2. The van der Waals surface area contributed by atoms with E-state index < -0.39 is 0 Å². The highest BCUT2D eigenvalue weighted by molar-refractivity contribution is 4.82. The van der Waals surface area contributed by atoms with Gasteiger partial charge < -0.3 is 0 Å². The molecule has 0 aliphatic carbocycles. The smallest absolute Gasteiger partial charge is 0.0351 e. The number of unbranched alkanes of at least 4 members (excludes halogenated alkanes) is 10. The molecule has 0 unspecified atom stereocenters.